The van der Waals surface area contributed by atoms with Crippen LogP contribution in [0.25, 0.3) is 0 Å². The second-order valence-corrected chi connectivity index (χ2v) is 5.56. The zero-order valence-electron chi connectivity index (χ0n) is 11.2. The van der Waals surface area contributed by atoms with Gasteiger partial charge in [0.15, 0.2) is 0 Å². The van der Waals surface area contributed by atoms with Crippen LogP contribution < -0.4 is 16.6 Å². The molecule has 1 aromatic rings. The molecule has 1 atom stereocenters. The molecule has 100 valence electrons. The summed E-state index contributed by atoms with van der Waals surface area (Å²) in [6, 6.07) is 2.13. The number of ether oxygens (including phenoxy) is 1. The Kier molecular flexibility index (Phi) is 3.68. The SMILES string of the molecule is CC(C)(C)c1nc(NN)cc(NC2CCOC2)n1. The predicted molar refractivity (Wildman–Crippen MR) is 71.4 cm³/mol. The van der Waals surface area contributed by atoms with Gasteiger partial charge in [0.2, 0.25) is 0 Å². The molecule has 0 aromatic carbocycles. The Bertz CT molecular complexity index is 409. The number of hydrazine groups is 1. The summed E-state index contributed by atoms with van der Waals surface area (Å²) in [4.78, 5) is 8.92. The Balaban J connectivity index is 2.23. The van der Waals surface area contributed by atoms with Gasteiger partial charge < -0.3 is 15.5 Å². The van der Waals surface area contributed by atoms with Crippen molar-refractivity contribution in [1.29, 1.82) is 0 Å². The lowest BCUT2D eigenvalue weighted by molar-refractivity contribution is 0.195. The quantitative estimate of drug-likeness (QED) is 0.554. The molecule has 1 aliphatic rings. The topological polar surface area (TPSA) is 85.1 Å². The Morgan fingerprint density at radius 1 is 1.33 bits per heavy atom. The number of rotatable bonds is 3. The third kappa shape index (κ3) is 3.08. The molecule has 6 heteroatoms. The van der Waals surface area contributed by atoms with Crippen molar-refractivity contribution in [2.45, 2.75) is 38.6 Å². The van der Waals surface area contributed by atoms with E-state index < -0.39 is 0 Å². The number of nitrogens with zero attached hydrogens (tertiary/aromatic N) is 2. The van der Waals surface area contributed by atoms with Gasteiger partial charge in [-0.05, 0) is 6.42 Å². The third-order valence-corrected chi connectivity index (χ3v) is 2.83. The summed E-state index contributed by atoms with van der Waals surface area (Å²) in [6.45, 7) is 7.75. The number of anilines is 2. The Labute approximate surface area is 107 Å². The van der Waals surface area contributed by atoms with Gasteiger partial charge in [0.1, 0.15) is 17.5 Å². The fraction of sp³-hybridized carbons (Fsp3) is 0.667. The van der Waals surface area contributed by atoms with Gasteiger partial charge in [-0.3, -0.25) is 0 Å². The maximum atomic E-state index is 5.45. The van der Waals surface area contributed by atoms with Crippen LogP contribution in [0.15, 0.2) is 6.07 Å². The van der Waals surface area contributed by atoms with Gasteiger partial charge in [0, 0.05) is 18.1 Å². The molecule has 1 saturated heterocycles. The summed E-state index contributed by atoms with van der Waals surface area (Å²) in [5.41, 5.74) is 2.47. The molecule has 0 aliphatic carbocycles. The molecule has 0 amide bonds. The molecule has 2 rings (SSSR count). The molecule has 2 heterocycles. The van der Waals surface area contributed by atoms with Crippen LogP contribution in [0.1, 0.15) is 33.0 Å². The number of hydrogen-bond acceptors (Lipinski definition) is 6. The van der Waals surface area contributed by atoms with Crippen molar-refractivity contribution in [2.75, 3.05) is 24.0 Å². The molecule has 0 bridgehead atoms. The van der Waals surface area contributed by atoms with Gasteiger partial charge in [0.25, 0.3) is 0 Å². The standard InChI is InChI=1S/C12H21N5O/c1-12(2,3)11-15-9(6-10(16-11)17-13)14-8-4-5-18-7-8/h6,8H,4-5,7,13H2,1-3H3,(H2,14,15,16,17). The summed E-state index contributed by atoms with van der Waals surface area (Å²) in [6.07, 6.45) is 1.00. The molecular weight excluding hydrogens is 230 g/mol. The number of nitrogens with two attached hydrogens (primary N) is 1. The van der Waals surface area contributed by atoms with E-state index in [9.17, 15) is 0 Å². The van der Waals surface area contributed by atoms with E-state index in [1.807, 2.05) is 6.07 Å². The van der Waals surface area contributed by atoms with Crippen LogP contribution in [0, 0.1) is 0 Å². The molecule has 6 nitrogen and oxygen atoms in total. The monoisotopic (exact) mass is 251 g/mol. The second-order valence-electron chi connectivity index (χ2n) is 5.56. The molecule has 1 aromatic heterocycles. The van der Waals surface area contributed by atoms with Crippen molar-refractivity contribution >= 4 is 11.6 Å². The maximum absolute atomic E-state index is 5.45. The summed E-state index contributed by atoms with van der Waals surface area (Å²) in [5.74, 6) is 7.62. The van der Waals surface area contributed by atoms with E-state index in [0.29, 0.717) is 11.9 Å². The van der Waals surface area contributed by atoms with Crippen LogP contribution in [0.4, 0.5) is 11.6 Å². The second kappa shape index (κ2) is 5.07. The van der Waals surface area contributed by atoms with Crippen molar-refractivity contribution in [1.82, 2.24) is 9.97 Å². The molecule has 4 N–H and O–H groups in total. The van der Waals surface area contributed by atoms with E-state index in [2.05, 4.69) is 41.5 Å². The lowest BCUT2D eigenvalue weighted by Gasteiger charge is -2.20. The molecule has 0 saturated carbocycles. The summed E-state index contributed by atoms with van der Waals surface area (Å²) >= 11 is 0. The zero-order valence-corrected chi connectivity index (χ0v) is 11.2. The Morgan fingerprint density at radius 3 is 2.61 bits per heavy atom. The van der Waals surface area contributed by atoms with Crippen molar-refractivity contribution in [3.8, 4) is 0 Å². The van der Waals surface area contributed by atoms with Crippen LogP contribution in [0.2, 0.25) is 0 Å². The van der Waals surface area contributed by atoms with Crippen LogP contribution in [0.5, 0.6) is 0 Å². The van der Waals surface area contributed by atoms with Crippen LogP contribution in [0.3, 0.4) is 0 Å². The predicted octanol–water partition coefficient (Wildman–Crippen LogP) is 1.26. The lowest BCUT2D eigenvalue weighted by atomic mass is 9.96. The Hall–Kier alpha value is -1.40. The highest BCUT2D eigenvalue weighted by atomic mass is 16.5. The van der Waals surface area contributed by atoms with E-state index in [4.69, 9.17) is 10.6 Å². The van der Waals surface area contributed by atoms with Gasteiger partial charge in [-0.15, -0.1) is 0 Å². The number of hydrogen-bond donors (Lipinski definition) is 3. The van der Waals surface area contributed by atoms with Crippen molar-refractivity contribution in [2.24, 2.45) is 5.84 Å². The first-order chi connectivity index (χ1) is 8.49. The van der Waals surface area contributed by atoms with Gasteiger partial charge in [-0.25, -0.2) is 15.8 Å². The first kappa shape index (κ1) is 13.0. The van der Waals surface area contributed by atoms with Crippen molar-refractivity contribution < 1.29 is 4.74 Å². The normalized spacial score (nSPS) is 19.9. The highest BCUT2D eigenvalue weighted by Crippen LogP contribution is 2.22. The van der Waals surface area contributed by atoms with Gasteiger partial charge in [-0.2, -0.15) is 0 Å². The van der Waals surface area contributed by atoms with E-state index in [1.54, 1.807) is 0 Å². The summed E-state index contributed by atoms with van der Waals surface area (Å²) in [7, 11) is 0. The van der Waals surface area contributed by atoms with E-state index in [0.717, 1.165) is 31.3 Å². The minimum Gasteiger partial charge on any atom is -0.379 e. The summed E-state index contributed by atoms with van der Waals surface area (Å²) < 4.78 is 5.34. The maximum Gasteiger partial charge on any atom is 0.145 e. The first-order valence-corrected chi connectivity index (χ1v) is 6.19. The van der Waals surface area contributed by atoms with Crippen molar-refractivity contribution in [3.63, 3.8) is 0 Å². The third-order valence-electron chi connectivity index (χ3n) is 2.83. The smallest absolute Gasteiger partial charge is 0.145 e. The van der Waals surface area contributed by atoms with Crippen LogP contribution in [-0.4, -0.2) is 29.2 Å². The van der Waals surface area contributed by atoms with Gasteiger partial charge in [0.05, 0.1) is 12.6 Å². The van der Waals surface area contributed by atoms with Gasteiger partial charge >= 0.3 is 0 Å². The fourth-order valence-electron chi connectivity index (χ4n) is 1.79. The first-order valence-electron chi connectivity index (χ1n) is 6.19. The van der Waals surface area contributed by atoms with Crippen LogP contribution in [-0.2, 0) is 10.2 Å². The molecule has 0 radical (unpaired) electrons. The lowest BCUT2D eigenvalue weighted by Crippen LogP contribution is -2.23. The average Bonchev–Trinajstić information content (AvgIpc) is 2.80. The number of nitrogens with one attached hydrogen (secondary N) is 2. The molecular formula is C12H21N5O. The minimum absolute atomic E-state index is 0.116. The molecule has 0 spiro atoms. The van der Waals surface area contributed by atoms with Crippen molar-refractivity contribution in [3.05, 3.63) is 11.9 Å². The van der Waals surface area contributed by atoms with Crippen LogP contribution >= 0.6 is 0 Å². The zero-order chi connectivity index (χ0) is 13.2. The number of nitrogen functional groups attached to an aromatic ring is 1. The molecule has 1 unspecified atom stereocenters. The largest absolute Gasteiger partial charge is 0.379 e. The molecule has 18 heavy (non-hydrogen) atoms. The molecule has 1 fully saturated rings. The van der Waals surface area contributed by atoms with Gasteiger partial charge in [-0.1, -0.05) is 20.8 Å². The molecule has 1 aliphatic heterocycles. The fourth-order valence-corrected chi connectivity index (χ4v) is 1.79. The van der Waals surface area contributed by atoms with E-state index >= 15 is 0 Å². The average molecular weight is 251 g/mol. The van der Waals surface area contributed by atoms with E-state index in [-0.39, 0.29) is 5.41 Å². The Morgan fingerprint density at radius 2 is 2.06 bits per heavy atom. The minimum atomic E-state index is -0.116. The van der Waals surface area contributed by atoms with E-state index in [1.165, 1.54) is 0 Å². The highest BCUT2D eigenvalue weighted by molar-refractivity contribution is 5.48. The number of aromatic nitrogens is 2. The highest BCUT2D eigenvalue weighted by Gasteiger charge is 2.21. The summed E-state index contributed by atoms with van der Waals surface area (Å²) in [5, 5.41) is 3.36.